The molecule has 0 radical (unpaired) electrons. The molecule has 0 aromatic rings. The zero-order valence-electron chi connectivity index (χ0n) is 12.6. The van der Waals surface area contributed by atoms with E-state index < -0.39 is 65.7 Å². The summed E-state index contributed by atoms with van der Waals surface area (Å²) in [5.74, 6) is -14.7. The predicted octanol–water partition coefficient (Wildman–Crippen LogP) is 4.31. The first kappa shape index (κ1) is 25.3. The van der Waals surface area contributed by atoms with Gasteiger partial charge in [0.15, 0.2) is 0 Å². The Morgan fingerprint density at radius 2 is 0.769 bits per heavy atom. The zero-order chi connectivity index (χ0) is 21.0. The van der Waals surface area contributed by atoms with Crippen LogP contribution in [0.2, 0.25) is 6.55 Å². The van der Waals surface area contributed by atoms with E-state index in [2.05, 4.69) is 13.3 Å². The van der Waals surface area contributed by atoms with Crippen molar-refractivity contribution in [3.63, 3.8) is 0 Å². The van der Waals surface area contributed by atoms with Crippen LogP contribution in [0.1, 0.15) is 0 Å². The molecule has 0 spiro atoms. The van der Waals surface area contributed by atoms with Crippen molar-refractivity contribution in [2.24, 2.45) is 0 Å². The van der Waals surface area contributed by atoms with Crippen molar-refractivity contribution in [2.75, 3.05) is 19.8 Å². The van der Waals surface area contributed by atoms with Crippen LogP contribution in [0.25, 0.3) is 0 Å². The average molecular weight is 436 g/mol. The second kappa shape index (κ2) is 8.96. The molecular weight excluding hydrogens is 424 g/mol. The van der Waals surface area contributed by atoms with Gasteiger partial charge in [0.2, 0.25) is 0 Å². The second-order valence-electron chi connectivity index (χ2n) is 4.91. The van der Waals surface area contributed by atoms with Crippen molar-refractivity contribution < 1.29 is 66.0 Å². The van der Waals surface area contributed by atoms with Gasteiger partial charge in [0.1, 0.15) is 19.8 Å². The van der Waals surface area contributed by atoms with E-state index >= 15 is 0 Å². The minimum atomic E-state index is -5.16. The molecule has 0 fully saturated rings. The normalized spacial score (nSPS) is 14.8. The molecule has 3 nitrogen and oxygen atoms in total. The van der Waals surface area contributed by atoms with Crippen molar-refractivity contribution in [1.29, 1.82) is 0 Å². The molecular formula is C10H12F12O3Si. The van der Waals surface area contributed by atoms with Crippen LogP contribution in [0.4, 0.5) is 52.7 Å². The van der Waals surface area contributed by atoms with Gasteiger partial charge >= 0.3 is 45.8 Å². The van der Waals surface area contributed by atoms with Gasteiger partial charge in [-0.2, -0.15) is 26.3 Å². The van der Waals surface area contributed by atoms with Crippen LogP contribution in [0.15, 0.2) is 0 Å². The Balaban J connectivity index is 5.19. The van der Waals surface area contributed by atoms with Gasteiger partial charge in [-0.3, -0.25) is 0 Å². The molecule has 0 aromatic carbocycles. The minimum absolute atomic E-state index is 0.331. The van der Waals surface area contributed by atoms with Gasteiger partial charge in [-0.1, -0.05) is 0 Å². The lowest BCUT2D eigenvalue weighted by atomic mass is 10.4. The molecule has 0 aromatic heterocycles. The van der Waals surface area contributed by atoms with Crippen LogP contribution in [0.3, 0.4) is 0 Å². The summed E-state index contributed by atoms with van der Waals surface area (Å²) in [5.41, 5.74) is 0. The van der Waals surface area contributed by atoms with Gasteiger partial charge in [0.25, 0.3) is 0 Å². The molecule has 26 heavy (non-hydrogen) atoms. The fourth-order valence-corrected chi connectivity index (χ4v) is 2.61. The number of halogens is 12. The standard InChI is InChI=1S/C10H12F12O3Si/c1-26(23-2-8(17,18)5(11)12,24-3-9(19,20)6(13)14)25-4-10(21,22)7(15)16/h5-7H,2-4H2,1H3. The average Bonchev–Trinajstić information content (AvgIpc) is 2.49. The topological polar surface area (TPSA) is 27.7 Å². The second-order valence-corrected chi connectivity index (χ2v) is 7.50. The maximum absolute atomic E-state index is 12.8. The molecule has 0 heterocycles. The zero-order valence-corrected chi connectivity index (χ0v) is 13.6. The van der Waals surface area contributed by atoms with Crippen molar-refractivity contribution in [3.8, 4) is 0 Å². The Morgan fingerprint density at radius 3 is 0.923 bits per heavy atom. The monoisotopic (exact) mass is 436 g/mol. The molecule has 0 aliphatic rings. The lowest BCUT2D eigenvalue weighted by Gasteiger charge is -2.30. The summed E-state index contributed by atoms with van der Waals surface area (Å²) >= 11 is 0. The van der Waals surface area contributed by atoms with Gasteiger partial charge in [0.05, 0.1) is 0 Å². The number of alkyl halides is 12. The highest BCUT2D eigenvalue weighted by Crippen LogP contribution is 2.30. The van der Waals surface area contributed by atoms with Crippen molar-refractivity contribution in [1.82, 2.24) is 0 Å². The third-order valence-electron chi connectivity index (χ3n) is 2.54. The first-order chi connectivity index (χ1) is 11.5. The summed E-state index contributed by atoms with van der Waals surface area (Å²) in [6.07, 6.45) is -13.0. The number of hydrogen-bond acceptors (Lipinski definition) is 3. The third-order valence-corrected chi connectivity index (χ3v) is 4.54. The molecule has 0 aliphatic carbocycles. The highest BCUT2D eigenvalue weighted by atomic mass is 28.4. The van der Waals surface area contributed by atoms with E-state index in [4.69, 9.17) is 0 Å². The molecule has 0 atom stereocenters. The quantitative estimate of drug-likeness (QED) is 0.337. The summed E-state index contributed by atoms with van der Waals surface area (Å²) in [7, 11) is -5.16. The van der Waals surface area contributed by atoms with Gasteiger partial charge in [0, 0.05) is 6.55 Å². The number of rotatable bonds is 12. The Morgan fingerprint density at radius 1 is 0.577 bits per heavy atom. The highest BCUT2D eigenvalue weighted by Gasteiger charge is 2.51. The summed E-state index contributed by atoms with van der Waals surface area (Å²) in [6.45, 7) is -6.52. The summed E-state index contributed by atoms with van der Waals surface area (Å²) < 4.78 is 161. The molecule has 0 unspecified atom stereocenters. The largest absolute Gasteiger partial charge is 0.498 e. The Labute approximate surface area is 139 Å². The SMILES string of the molecule is C[Si](OCC(F)(F)C(F)F)(OCC(F)(F)C(F)F)OCC(F)(F)C(F)F. The number of hydrogen-bond donors (Lipinski definition) is 0. The maximum Gasteiger partial charge on any atom is 0.498 e. The molecule has 0 N–H and O–H groups in total. The lowest BCUT2D eigenvalue weighted by molar-refractivity contribution is -0.183. The Kier molecular flexibility index (Phi) is 8.71. The fourth-order valence-electron chi connectivity index (χ4n) is 0.996. The predicted molar refractivity (Wildman–Crippen MR) is 62.3 cm³/mol. The van der Waals surface area contributed by atoms with E-state index in [1.54, 1.807) is 0 Å². The molecule has 0 saturated carbocycles. The summed E-state index contributed by atoms with van der Waals surface area (Å²) in [5, 5.41) is 0. The molecule has 158 valence electrons. The van der Waals surface area contributed by atoms with E-state index in [-0.39, 0.29) is 0 Å². The molecule has 0 rings (SSSR count). The maximum atomic E-state index is 12.8. The third kappa shape index (κ3) is 7.87. The summed E-state index contributed by atoms with van der Waals surface area (Å²) in [6, 6.07) is 0. The first-order valence-corrected chi connectivity index (χ1v) is 8.57. The lowest BCUT2D eigenvalue weighted by Crippen LogP contribution is -2.51. The van der Waals surface area contributed by atoms with Gasteiger partial charge in [-0.25, -0.2) is 26.3 Å². The van der Waals surface area contributed by atoms with Crippen LogP contribution < -0.4 is 0 Å². The van der Waals surface area contributed by atoms with E-state index in [1.165, 1.54) is 0 Å². The van der Waals surface area contributed by atoms with Gasteiger partial charge in [-0.15, -0.1) is 0 Å². The fraction of sp³-hybridized carbons (Fsp3) is 1.00. The smallest absolute Gasteiger partial charge is 0.367 e. The Bertz CT molecular complexity index is 374. The molecule has 0 bridgehead atoms. The van der Waals surface area contributed by atoms with Crippen LogP contribution in [0.5, 0.6) is 0 Å². The van der Waals surface area contributed by atoms with E-state index in [1.807, 2.05) is 0 Å². The van der Waals surface area contributed by atoms with Gasteiger partial charge < -0.3 is 13.3 Å². The van der Waals surface area contributed by atoms with Crippen LogP contribution in [-0.4, -0.2) is 65.7 Å². The van der Waals surface area contributed by atoms with Crippen LogP contribution >= 0.6 is 0 Å². The Hall–Kier alpha value is -0.743. The van der Waals surface area contributed by atoms with Crippen molar-refractivity contribution in [2.45, 2.75) is 43.6 Å². The van der Waals surface area contributed by atoms with Crippen molar-refractivity contribution >= 4 is 8.80 Å². The molecule has 16 heteroatoms. The van der Waals surface area contributed by atoms with Gasteiger partial charge in [-0.05, 0) is 0 Å². The minimum Gasteiger partial charge on any atom is -0.367 e. The van der Waals surface area contributed by atoms with Crippen molar-refractivity contribution in [3.05, 3.63) is 0 Å². The van der Waals surface area contributed by atoms with Crippen LogP contribution in [-0.2, 0) is 13.3 Å². The van der Waals surface area contributed by atoms with E-state index in [9.17, 15) is 52.7 Å². The highest BCUT2D eigenvalue weighted by molar-refractivity contribution is 6.59. The van der Waals surface area contributed by atoms with Crippen LogP contribution in [0, 0.1) is 0 Å². The first-order valence-electron chi connectivity index (χ1n) is 6.35. The van der Waals surface area contributed by atoms with E-state index in [0.29, 0.717) is 6.55 Å². The summed E-state index contributed by atoms with van der Waals surface area (Å²) in [4.78, 5) is 0. The molecule has 0 saturated heterocycles. The molecule has 0 aliphatic heterocycles. The van der Waals surface area contributed by atoms with E-state index in [0.717, 1.165) is 0 Å². The molecule has 0 amide bonds.